The number of piperazine rings is 1. The number of hydrogen-bond acceptors (Lipinski definition) is 2. The average Bonchev–Trinajstić information content (AvgIpc) is 2.31. The summed E-state index contributed by atoms with van der Waals surface area (Å²) in [5.41, 5.74) is 2.45. The molecule has 0 N–H and O–H groups in total. The highest BCUT2D eigenvalue weighted by Gasteiger charge is 2.17. The minimum atomic E-state index is 0.939. The molecule has 1 aromatic carbocycles. The van der Waals surface area contributed by atoms with E-state index in [0.29, 0.717) is 0 Å². The third-order valence-corrected chi connectivity index (χ3v) is 3.72. The van der Waals surface area contributed by atoms with Crippen molar-refractivity contribution in [2.75, 3.05) is 38.1 Å². The Labute approximate surface area is 103 Å². The van der Waals surface area contributed by atoms with Crippen LogP contribution < -0.4 is 4.90 Å². The van der Waals surface area contributed by atoms with Gasteiger partial charge >= 0.3 is 0 Å². The van der Waals surface area contributed by atoms with E-state index in [1.807, 2.05) is 0 Å². The van der Waals surface area contributed by atoms with Gasteiger partial charge in [0.2, 0.25) is 0 Å². The van der Waals surface area contributed by atoms with Gasteiger partial charge in [-0.15, -0.1) is 0 Å². The van der Waals surface area contributed by atoms with E-state index >= 15 is 0 Å². The van der Waals surface area contributed by atoms with Crippen LogP contribution in [0.1, 0.15) is 12.5 Å². The van der Waals surface area contributed by atoms with Gasteiger partial charge in [0.15, 0.2) is 0 Å². The summed E-state index contributed by atoms with van der Waals surface area (Å²) in [5, 5.41) is 0.939. The number of halogens is 1. The number of hydrogen-bond donors (Lipinski definition) is 0. The van der Waals surface area contributed by atoms with Crippen molar-refractivity contribution in [3.63, 3.8) is 0 Å². The second-order valence-electron chi connectivity index (χ2n) is 4.39. The van der Waals surface area contributed by atoms with Gasteiger partial charge in [0.1, 0.15) is 0 Å². The highest BCUT2D eigenvalue weighted by molar-refractivity contribution is 6.34. The van der Waals surface area contributed by atoms with Gasteiger partial charge in [-0.3, -0.25) is 0 Å². The van der Waals surface area contributed by atoms with E-state index in [1.165, 1.54) is 11.3 Å². The molecule has 0 bridgehead atoms. The summed E-state index contributed by atoms with van der Waals surface area (Å²) in [6.07, 6.45) is 1.00. The van der Waals surface area contributed by atoms with Crippen molar-refractivity contribution >= 4 is 17.3 Å². The summed E-state index contributed by atoms with van der Waals surface area (Å²) in [7, 11) is 2.17. The Morgan fingerprint density at radius 2 is 1.88 bits per heavy atom. The Morgan fingerprint density at radius 1 is 1.19 bits per heavy atom. The average molecular weight is 239 g/mol. The molecule has 0 amide bonds. The van der Waals surface area contributed by atoms with E-state index in [1.54, 1.807) is 0 Å². The molecule has 88 valence electrons. The van der Waals surface area contributed by atoms with Crippen LogP contribution in [0.3, 0.4) is 0 Å². The van der Waals surface area contributed by atoms with Crippen molar-refractivity contribution in [1.29, 1.82) is 0 Å². The predicted molar refractivity (Wildman–Crippen MR) is 70.5 cm³/mol. The van der Waals surface area contributed by atoms with Crippen LogP contribution in [0.25, 0.3) is 0 Å². The zero-order chi connectivity index (χ0) is 11.5. The Hall–Kier alpha value is -0.730. The lowest BCUT2D eigenvalue weighted by Crippen LogP contribution is -2.44. The van der Waals surface area contributed by atoms with Gasteiger partial charge in [0, 0.05) is 26.2 Å². The summed E-state index contributed by atoms with van der Waals surface area (Å²) in [4.78, 5) is 4.75. The molecule has 0 aromatic heterocycles. The smallest absolute Gasteiger partial charge is 0.0671 e. The zero-order valence-electron chi connectivity index (χ0n) is 10.0. The van der Waals surface area contributed by atoms with Crippen LogP contribution in [-0.2, 0) is 6.42 Å². The summed E-state index contributed by atoms with van der Waals surface area (Å²) >= 11 is 6.42. The standard InChI is InChI=1S/C13H19ClN2/c1-3-11-5-4-6-12(13(11)14)16-9-7-15(2)8-10-16/h4-6H,3,7-10H2,1-2H3. The van der Waals surface area contributed by atoms with Crippen molar-refractivity contribution in [2.45, 2.75) is 13.3 Å². The molecule has 2 nitrogen and oxygen atoms in total. The highest BCUT2D eigenvalue weighted by Crippen LogP contribution is 2.30. The Balaban J connectivity index is 2.20. The normalized spacial score (nSPS) is 17.8. The molecular formula is C13H19ClN2. The van der Waals surface area contributed by atoms with Crippen molar-refractivity contribution in [3.8, 4) is 0 Å². The van der Waals surface area contributed by atoms with Crippen molar-refractivity contribution in [2.24, 2.45) is 0 Å². The van der Waals surface area contributed by atoms with Crippen LogP contribution in [0.15, 0.2) is 18.2 Å². The van der Waals surface area contributed by atoms with E-state index in [4.69, 9.17) is 11.6 Å². The molecule has 1 fully saturated rings. The number of nitrogens with zero attached hydrogens (tertiary/aromatic N) is 2. The maximum atomic E-state index is 6.42. The van der Waals surface area contributed by atoms with Gasteiger partial charge in [0.25, 0.3) is 0 Å². The first-order valence-corrected chi connectivity index (χ1v) is 6.31. The molecule has 1 saturated heterocycles. The van der Waals surface area contributed by atoms with Crippen LogP contribution >= 0.6 is 11.6 Å². The van der Waals surface area contributed by atoms with Crippen LogP contribution in [0.5, 0.6) is 0 Å². The van der Waals surface area contributed by atoms with E-state index in [0.717, 1.165) is 37.6 Å². The zero-order valence-corrected chi connectivity index (χ0v) is 10.8. The number of rotatable bonds is 2. The molecule has 1 aliphatic rings. The molecule has 1 heterocycles. The first-order valence-electron chi connectivity index (χ1n) is 5.93. The molecule has 1 aromatic rings. The predicted octanol–water partition coefficient (Wildman–Crippen LogP) is 2.65. The van der Waals surface area contributed by atoms with E-state index in [9.17, 15) is 0 Å². The van der Waals surface area contributed by atoms with Gasteiger partial charge in [-0.25, -0.2) is 0 Å². The molecule has 3 heteroatoms. The minimum Gasteiger partial charge on any atom is -0.368 e. The third-order valence-electron chi connectivity index (χ3n) is 3.28. The fourth-order valence-corrected chi connectivity index (χ4v) is 2.51. The molecule has 0 atom stereocenters. The number of anilines is 1. The molecule has 16 heavy (non-hydrogen) atoms. The maximum Gasteiger partial charge on any atom is 0.0671 e. The lowest BCUT2D eigenvalue weighted by Gasteiger charge is -2.34. The summed E-state index contributed by atoms with van der Waals surface area (Å²) in [5.74, 6) is 0. The molecule has 0 spiro atoms. The Morgan fingerprint density at radius 3 is 2.50 bits per heavy atom. The largest absolute Gasteiger partial charge is 0.368 e. The summed E-state index contributed by atoms with van der Waals surface area (Å²) in [6, 6.07) is 6.35. The lowest BCUT2D eigenvalue weighted by atomic mass is 10.1. The molecule has 2 rings (SSSR count). The van der Waals surface area contributed by atoms with Crippen LogP contribution in [0, 0.1) is 0 Å². The Bertz CT molecular complexity index is 357. The van der Waals surface area contributed by atoms with Crippen LogP contribution in [0.4, 0.5) is 5.69 Å². The van der Waals surface area contributed by atoms with E-state index in [-0.39, 0.29) is 0 Å². The van der Waals surface area contributed by atoms with E-state index < -0.39 is 0 Å². The first kappa shape index (κ1) is 11.7. The topological polar surface area (TPSA) is 6.48 Å². The van der Waals surface area contributed by atoms with Gasteiger partial charge in [-0.05, 0) is 25.1 Å². The first-order chi connectivity index (χ1) is 7.72. The SMILES string of the molecule is CCc1cccc(N2CCN(C)CC2)c1Cl. The van der Waals surface area contributed by atoms with Gasteiger partial charge in [0.05, 0.1) is 10.7 Å². The molecule has 0 unspecified atom stereocenters. The molecule has 0 aliphatic carbocycles. The van der Waals surface area contributed by atoms with Crippen molar-refractivity contribution < 1.29 is 0 Å². The minimum absolute atomic E-state index is 0.939. The summed E-state index contributed by atoms with van der Waals surface area (Å²) in [6.45, 7) is 6.53. The Kier molecular flexibility index (Phi) is 3.72. The fourth-order valence-electron chi connectivity index (χ4n) is 2.13. The number of benzene rings is 1. The number of likely N-dealkylation sites (N-methyl/N-ethyl adjacent to an activating group) is 1. The lowest BCUT2D eigenvalue weighted by molar-refractivity contribution is 0.313. The molecular weight excluding hydrogens is 220 g/mol. The van der Waals surface area contributed by atoms with Crippen LogP contribution in [0.2, 0.25) is 5.02 Å². The molecule has 0 saturated carbocycles. The molecule has 1 aliphatic heterocycles. The fraction of sp³-hybridized carbons (Fsp3) is 0.538. The maximum absolute atomic E-state index is 6.42. The van der Waals surface area contributed by atoms with Gasteiger partial charge in [-0.1, -0.05) is 30.7 Å². The number of aryl methyl sites for hydroxylation is 1. The van der Waals surface area contributed by atoms with Crippen molar-refractivity contribution in [1.82, 2.24) is 4.90 Å². The third kappa shape index (κ3) is 2.33. The van der Waals surface area contributed by atoms with E-state index in [2.05, 4.69) is 42.0 Å². The quantitative estimate of drug-likeness (QED) is 0.782. The van der Waals surface area contributed by atoms with Crippen LogP contribution in [-0.4, -0.2) is 38.1 Å². The molecule has 0 radical (unpaired) electrons. The van der Waals surface area contributed by atoms with Gasteiger partial charge in [-0.2, -0.15) is 0 Å². The van der Waals surface area contributed by atoms with Crippen molar-refractivity contribution in [3.05, 3.63) is 28.8 Å². The van der Waals surface area contributed by atoms with Gasteiger partial charge < -0.3 is 9.80 Å². The second-order valence-corrected chi connectivity index (χ2v) is 4.77. The summed E-state index contributed by atoms with van der Waals surface area (Å²) < 4.78 is 0. The highest BCUT2D eigenvalue weighted by atomic mass is 35.5. The second kappa shape index (κ2) is 5.07. The monoisotopic (exact) mass is 238 g/mol.